The molecule has 262 valence electrons. The quantitative estimate of drug-likeness (QED) is 0.330. The number of nitrogens with one attached hydrogen (secondary N) is 1. The Morgan fingerprint density at radius 2 is 1.90 bits per heavy atom. The second-order valence-corrected chi connectivity index (χ2v) is 15.8. The summed E-state index contributed by atoms with van der Waals surface area (Å²) >= 11 is 0. The molecule has 4 aliphatic rings. The molecule has 4 saturated heterocycles. The Hall–Kier alpha value is -3.95. The third kappa shape index (κ3) is 6.93. The largest absolute Gasteiger partial charge is 0.379 e. The van der Waals surface area contributed by atoms with E-state index in [1.807, 2.05) is 29.0 Å². The van der Waals surface area contributed by atoms with E-state index in [0.29, 0.717) is 56.9 Å². The highest BCUT2D eigenvalue weighted by atomic mass is 32.2. The molecule has 4 fully saturated rings. The first-order chi connectivity index (χ1) is 23.6. The predicted molar refractivity (Wildman–Crippen MR) is 187 cm³/mol. The number of carbonyl (C=O) groups excluding carboxylic acids is 1. The molecule has 1 N–H and O–H groups in total. The van der Waals surface area contributed by atoms with Gasteiger partial charge in [-0.1, -0.05) is 6.58 Å². The summed E-state index contributed by atoms with van der Waals surface area (Å²) in [6.07, 6.45) is 9.24. The Labute approximate surface area is 286 Å². The number of fused-ring (bicyclic) bond motifs is 1. The van der Waals surface area contributed by atoms with Gasteiger partial charge in [0.25, 0.3) is 0 Å². The summed E-state index contributed by atoms with van der Waals surface area (Å²) < 4.78 is 44.8. The fourth-order valence-corrected chi connectivity index (χ4v) is 8.98. The Morgan fingerprint density at radius 3 is 2.63 bits per heavy atom. The molecule has 5 atom stereocenters. The van der Waals surface area contributed by atoms with E-state index in [4.69, 9.17) is 19.7 Å². The molecule has 1 unspecified atom stereocenters. The lowest BCUT2D eigenvalue weighted by molar-refractivity contribution is -0.126. The zero-order valence-corrected chi connectivity index (χ0v) is 28.9. The maximum Gasteiger partial charge on any atom is 0.246 e. The molecular weight excluding hydrogens is 649 g/mol. The number of amides is 1. The highest BCUT2D eigenvalue weighted by Gasteiger charge is 2.40. The van der Waals surface area contributed by atoms with Gasteiger partial charge in [0.05, 0.1) is 31.6 Å². The Kier molecular flexibility index (Phi) is 9.41. The number of ether oxygens (including phenoxy) is 1. The molecule has 4 aliphatic heterocycles. The minimum atomic E-state index is -3.11. The lowest BCUT2D eigenvalue weighted by Crippen LogP contribution is -2.57. The van der Waals surface area contributed by atoms with Crippen molar-refractivity contribution < 1.29 is 22.3 Å². The van der Waals surface area contributed by atoms with E-state index in [-0.39, 0.29) is 42.2 Å². The standard InChI is InChI=1S/C34H44FN9O4S/c1-4-32(45)43-10-5-6-28(43)25-17-38-33(44-19-23(22(44)2)21-49(3,46)47)26-18-37-31(16-24(25)26)39-30-7-9-36-34(40-30)42-11-8-29(27(35)20-42)41-12-14-48-15-13-41/h4,7,9,16-18,22-23,27-29H,1,5-6,8,10-15,19-21H2,2-3H3,(H,36,37,39,40)/t22-,23-,27+,28?,29-/m1/s1. The zero-order chi connectivity index (χ0) is 34.3. The fourth-order valence-electron chi connectivity index (χ4n) is 7.82. The van der Waals surface area contributed by atoms with Gasteiger partial charge in [0, 0.05) is 86.5 Å². The maximum absolute atomic E-state index is 15.4. The molecule has 0 bridgehead atoms. The van der Waals surface area contributed by atoms with Gasteiger partial charge in [-0.05, 0) is 49.8 Å². The number of hydrogen-bond acceptors (Lipinski definition) is 12. The summed E-state index contributed by atoms with van der Waals surface area (Å²) in [6.45, 7) is 10.6. The van der Waals surface area contributed by atoms with Crippen LogP contribution in [0.3, 0.4) is 0 Å². The summed E-state index contributed by atoms with van der Waals surface area (Å²) in [5.74, 6) is 2.30. The van der Waals surface area contributed by atoms with Crippen LogP contribution in [0.1, 0.15) is 37.8 Å². The molecule has 15 heteroatoms. The van der Waals surface area contributed by atoms with E-state index in [1.165, 1.54) is 12.3 Å². The molecule has 7 rings (SSSR count). The minimum Gasteiger partial charge on any atom is -0.379 e. The zero-order valence-electron chi connectivity index (χ0n) is 28.0. The molecule has 0 saturated carbocycles. The van der Waals surface area contributed by atoms with Gasteiger partial charge in [-0.15, -0.1) is 0 Å². The number of halogens is 1. The number of alkyl halides is 1. The van der Waals surface area contributed by atoms with Crippen LogP contribution in [0.5, 0.6) is 0 Å². The van der Waals surface area contributed by atoms with Gasteiger partial charge in [0.2, 0.25) is 11.9 Å². The van der Waals surface area contributed by atoms with Crippen molar-refractivity contribution in [2.24, 2.45) is 5.92 Å². The minimum absolute atomic E-state index is 0.0123. The van der Waals surface area contributed by atoms with E-state index in [2.05, 4.69) is 26.7 Å². The number of sulfone groups is 1. The van der Waals surface area contributed by atoms with Crippen LogP contribution in [0.25, 0.3) is 10.8 Å². The molecular formula is C34H44FN9O4S. The number of pyridine rings is 2. The van der Waals surface area contributed by atoms with Crippen LogP contribution >= 0.6 is 0 Å². The summed E-state index contributed by atoms with van der Waals surface area (Å²) in [5.41, 5.74) is 0.915. The number of carbonyl (C=O) groups is 1. The van der Waals surface area contributed by atoms with Gasteiger partial charge >= 0.3 is 0 Å². The summed E-state index contributed by atoms with van der Waals surface area (Å²) in [7, 11) is -3.11. The Bertz CT molecular complexity index is 1820. The van der Waals surface area contributed by atoms with Crippen LogP contribution < -0.4 is 15.1 Å². The van der Waals surface area contributed by atoms with Crippen molar-refractivity contribution >= 4 is 49.9 Å². The summed E-state index contributed by atoms with van der Waals surface area (Å²) in [6, 6.07) is 3.40. The van der Waals surface area contributed by atoms with Crippen molar-refractivity contribution in [3.05, 3.63) is 48.9 Å². The highest BCUT2D eigenvalue weighted by Crippen LogP contribution is 2.41. The lowest BCUT2D eigenvalue weighted by atomic mass is 9.90. The average Bonchev–Trinajstić information content (AvgIpc) is 3.59. The molecule has 3 aromatic rings. The predicted octanol–water partition coefficient (Wildman–Crippen LogP) is 3.13. The number of anilines is 4. The van der Waals surface area contributed by atoms with Gasteiger partial charge in [0.15, 0.2) is 0 Å². The second kappa shape index (κ2) is 13.8. The van der Waals surface area contributed by atoms with E-state index in [0.717, 1.165) is 48.1 Å². The first-order valence-electron chi connectivity index (χ1n) is 17.1. The first-order valence-corrected chi connectivity index (χ1v) is 19.1. The van der Waals surface area contributed by atoms with Crippen LogP contribution in [-0.2, 0) is 19.4 Å². The van der Waals surface area contributed by atoms with Crippen molar-refractivity contribution in [2.45, 2.75) is 50.5 Å². The number of hydrogen-bond donors (Lipinski definition) is 1. The molecule has 49 heavy (non-hydrogen) atoms. The van der Waals surface area contributed by atoms with E-state index in [9.17, 15) is 13.2 Å². The fraction of sp³-hybridized carbons (Fsp3) is 0.559. The molecule has 7 heterocycles. The van der Waals surface area contributed by atoms with Crippen molar-refractivity contribution in [3.63, 3.8) is 0 Å². The van der Waals surface area contributed by atoms with Gasteiger partial charge in [-0.25, -0.2) is 27.8 Å². The number of nitrogens with zero attached hydrogens (tertiary/aromatic N) is 8. The number of likely N-dealkylation sites (tertiary alicyclic amines) is 1. The Balaban J connectivity index is 1.15. The first kappa shape index (κ1) is 33.5. The summed E-state index contributed by atoms with van der Waals surface area (Å²) in [5, 5.41) is 5.05. The molecule has 0 spiro atoms. The van der Waals surface area contributed by atoms with E-state index >= 15 is 4.39 Å². The third-order valence-electron chi connectivity index (χ3n) is 10.4. The summed E-state index contributed by atoms with van der Waals surface area (Å²) in [4.78, 5) is 39.7. The molecule has 0 aliphatic carbocycles. The normalized spacial score (nSPS) is 26.5. The van der Waals surface area contributed by atoms with Gasteiger partial charge in [-0.2, -0.15) is 4.98 Å². The lowest BCUT2D eigenvalue weighted by Gasteiger charge is -2.47. The van der Waals surface area contributed by atoms with Crippen molar-refractivity contribution in [3.8, 4) is 0 Å². The van der Waals surface area contributed by atoms with Crippen molar-refractivity contribution in [2.75, 3.05) is 79.6 Å². The third-order valence-corrected chi connectivity index (χ3v) is 11.5. The van der Waals surface area contributed by atoms with E-state index < -0.39 is 16.0 Å². The molecule has 0 radical (unpaired) electrons. The van der Waals surface area contributed by atoms with Crippen molar-refractivity contribution in [1.82, 2.24) is 29.7 Å². The smallest absolute Gasteiger partial charge is 0.246 e. The number of morpholine rings is 1. The maximum atomic E-state index is 15.4. The molecule has 1 amide bonds. The highest BCUT2D eigenvalue weighted by molar-refractivity contribution is 7.90. The molecule has 3 aromatic heterocycles. The van der Waals surface area contributed by atoms with Crippen LogP contribution in [0.4, 0.5) is 27.8 Å². The monoisotopic (exact) mass is 693 g/mol. The van der Waals surface area contributed by atoms with Crippen LogP contribution in [0.15, 0.2) is 43.4 Å². The topological polar surface area (TPSA) is 137 Å². The number of rotatable bonds is 9. The van der Waals surface area contributed by atoms with Gasteiger partial charge < -0.3 is 24.8 Å². The second-order valence-electron chi connectivity index (χ2n) is 13.6. The van der Waals surface area contributed by atoms with Crippen LogP contribution in [-0.4, -0.2) is 127 Å². The van der Waals surface area contributed by atoms with Crippen LogP contribution in [0.2, 0.25) is 0 Å². The SMILES string of the molecule is C=CC(=O)N1CCCC1c1cnc(N2C[C@H](CS(C)(=O)=O)[C@H]2C)c2cnc(Nc3ccnc(N4CC[C@@H](N5CCOCC5)[C@@H](F)C4)n3)cc12. The van der Waals surface area contributed by atoms with Crippen LogP contribution in [0, 0.1) is 5.92 Å². The number of aromatic nitrogens is 4. The Morgan fingerprint density at radius 1 is 1.08 bits per heavy atom. The molecule has 0 aromatic carbocycles. The van der Waals surface area contributed by atoms with Gasteiger partial charge in [0.1, 0.15) is 33.5 Å². The van der Waals surface area contributed by atoms with E-state index in [1.54, 1.807) is 18.5 Å². The molecule has 13 nitrogen and oxygen atoms in total. The number of piperidine rings is 1. The average molecular weight is 694 g/mol. The van der Waals surface area contributed by atoms with Crippen molar-refractivity contribution in [1.29, 1.82) is 0 Å². The van der Waals surface area contributed by atoms with Gasteiger partial charge in [-0.3, -0.25) is 9.69 Å².